The lowest BCUT2D eigenvalue weighted by atomic mass is 10.2. The number of amides is 1. The summed E-state index contributed by atoms with van der Waals surface area (Å²) in [7, 11) is 1.56. The highest BCUT2D eigenvalue weighted by molar-refractivity contribution is 7.85. The van der Waals surface area contributed by atoms with Gasteiger partial charge in [-0.15, -0.1) is 0 Å². The molecular formula is C17H30N2O2S. The van der Waals surface area contributed by atoms with Gasteiger partial charge in [-0.2, -0.15) is 0 Å². The Balaban J connectivity index is 0.000000382. The predicted octanol–water partition coefficient (Wildman–Crippen LogP) is 2.68. The van der Waals surface area contributed by atoms with Crippen LogP contribution >= 0.6 is 0 Å². The lowest BCUT2D eigenvalue weighted by Gasteiger charge is -2.20. The first-order chi connectivity index (χ1) is 10.6. The average Bonchev–Trinajstić information content (AvgIpc) is 2.54. The standard InChI is InChI=1S/C10H13NO.C5H11NOS.C2H6/c1-3-11(8-12)10-6-4-5-9(2)7-10;1-6-2-4-8(7)5-3-6;1-2/h4-8H,3H2,1-2H3;2-5H2,1H3;1-2H3. The number of carbonyl (C=O) groups excluding carboxylic acids is 1. The van der Waals surface area contributed by atoms with Gasteiger partial charge < -0.3 is 9.80 Å². The summed E-state index contributed by atoms with van der Waals surface area (Å²) in [6.07, 6.45) is 0.856. The number of nitrogens with zero attached hydrogens (tertiary/aromatic N) is 2. The van der Waals surface area contributed by atoms with Crippen molar-refractivity contribution in [2.24, 2.45) is 0 Å². The zero-order valence-electron chi connectivity index (χ0n) is 14.5. The molecule has 4 nitrogen and oxygen atoms in total. The van der Waals surface area contributed by atoms with Crippen LogP contribution in [-0.2, 0) is 15.6 Å². The molecule has 1 aromatic carbocycles. The number of hydrogen-bond acceptors (Lipinski definition) is 3. The summed E-state index contributed by atoms with van der Waals surface area (Å²) in [6.45, 7) is 10.7. The smallest absolute Gasteiger partial charge is 0.214 e. The molecule has 2 rings (SSSR count). The van der Waals surface area contributed by atoms with E-state index in [1.807, 2.05) is 52.0 Å². The van der Waals surface area contributed by atoms with Crippen molar-refractivity contribution in [1.82, 2.24) is 4.90 Å². The van der Waals surface area contributed by atoms with E-state index in [2.05, 4.69) is 11.9 Å². The van der Waals surface area contributed by atoms with Gasteiger partial charge in [-0.3, -0.25) is 9.00 Å². The lowest BCUT2D eigenvalue weighted by Crippen LogP contribution is -2.34. The molecule has 1 aliphatic rings. The molecular weight excluding hydrogens is 296 g/mol. The number of anilines is 1. The van der Waals surface area contributed by atoms with Gasteiger partial charge in [0.05, 0.1) is 0 Å². The van der Waals surface area contributed by atoms with Crippen molar-refractivity contribution in [3.05, 3.63) is 29.8 Å². The number of aryl methyl sites for hydroxylation is 1. The summed E-state index contributed by atoms with van der Waals surface area (Å²) in [5.41, 5.74) is 2.14. The molecule has 0 aliphatic carbocycles. The molecule has 1 fully saturated rings. The van der Waals surface area contributed by atoms with Gasteiger partial charge in [-0.25, -0.2) is 0 Å². The Labute approximate surface area is 138 Å². The molecule has 0 unspecified atom stereocenters. The summed E-state index contributed by atoms with van der Waals surface area (Å²) < 4.78 is 10.7. The van der Waals surface area contributed by atoms with E-state index in [1.54, 1.807) is 4.90 Å². The second-order valence-electron chi connectivity index (χ2n) is 4.88. The van der Waals surface area contributed by atoms with Crippen LogP contribution in [0.1, 0.15) is 26.3 Å². The van der Waals surface area contributed by atoms with Crippen LogP contribution in [-0.4, -0.2) is 53.7 Å². The molecule has 0 bridgehead atoms. The van der Waals surface area contributed by atoms with Gasteiger partial charge in [0.1, 0.15) is 0 Å². The Kier molecular flexibility index (Phi) is 11.7. The van der Waals surface area contributed by atoms with Crippen LogP contribution in [0.15, 0.2) is 24.3 Å². The maximum Gasteiger partial charge on any atom is 0.214 e. The summed E-state index contributed by atoms with van der Waals surface area (Å²) in [5.74, 6) is 1.74. The topological polar surface area (TPSA) is 40.6 Å². The van der Waals surface area contributed by atoms with Crippen LogP contribution in [0.4, 0.5) is 5.69 Å². The fraction of sp³-hybridized carbons (Fsp3) is 0.588. The van der Waals surface area contributed by atoms with Crippen LogP contribution in [0.5, 0.6) is 0 Å². The lowest BCUT2D eigenvalue weighted by molar-refractivity contribution is -0.107. The predicted molar refractivity (Wildman–Crippen MR) is 97.0 cm³/mol. The van der Waals surface area contributed by atoms with Gasteiger partial charge >= 0.3 is 0 Å². The number of rotatable bonds is 3. The quantitative estimate of drug-likeness (QED) is 0.802. The Morgan fingerprint density at radius 1 is 1.27 bits per heavy atom. The number of hydrogen-bond donors (Lipinski definition) is 0. The molecule has 1 aromatic rings. The summed E-state index contributed by atoms with van der Waals surface area (Å²) in [4.78, 5) is 14.5. The molecule has 0 radical (unpaired) electrons. The molecule has 0 saturated carbocycles. The van der Waals surface area contributed by atoms with Crippen LogP contribution in [0, 0.1) is 6.92 Å². The van der Waals surface area contributed by atoms with Crippen molar-refractivity contribution in [2.75, 3.05) is 43.1 Å². The van der Waals surface area contributed by atoms with Gasteiger partial charge in [-0.05, 0) is 38.6 Å². The molecule has 22 heavy (non-hydrogen) atoms. The molecule has 1 aliphatic heterocycles. The Bertz CT molecular complexity index is 442. The van der Waals surface area contributed by atoms with Crippen LogP contribution in [0.3, 0.4) is 0 Å². The van der Waals surface area contributed by atoms with Crippen LogP contribution < -0.4 is 4.90 Å². The minimum Gasteiger partial charge on any atom is -0.315 e. The van der Waals surface area contributed by atoms with Gasteiger partial charge in [0, 0.05) is 47.6 Å². The average molecular weight is 327 g/mol. The maximum atomic E-state index is 10.7. The van der Waals surface area contributed by atoms with Crippen LogP contribution in [0.25, 0.3) is 0 Å². The highest BCUT2D eigenvalue weighted by Crippen LogP contribution is 2.13. The largest absolute Gasteiger partial charge is 0.315 e. The zero-order chi connectivity index (χ0) is 17.0. The molecule has 0 N–H and O–H groups in total. The highest BCUT2D eigenvalue weighted by atomic mass is 32.2. The number of carbonyl (C=O) groups is 1. The molecule has 126 valence electrons. The fourth-order valence-corrected chi connectivity index (χ4v) is 3.09. The third-order valence-corrected chi connectivity index (χ3v) is 4.48. The van der Waals surface area contributed by atoms with E-state index in [4.69, 9.17) is 0 Å². The Morgan fingerprint density at radius 3 is 2.27 bits per heavy atom. The van der Waals surface area contributed by atoms with Crippen molar-refractivity contribution < 1.29 is 9.00 Å². The normalized spacial score (nSPS) is 15.0. The third kappa shape index (κ3) is 8.29. The van der Waals surface area contributed by atoms with Gasteiger partial charge in [-0.1, -0.05) is 26.0 Å². The molecule has 0 aromatic heterocycles. The first-order valence-electron chi connectivity index (χ1n) is 7.89. The van der Waals surface area contributed by atoms with Crippen molar-refractivity contribution in [1.29, 1.82) is 0 Å². The van der Waals surface area contributed by atoms with E-state index in [0.29, 0.717) is 6.54 Å². The SMILES string of the molecule is CC.CCN(C=O)c1cccc(C)c1.CN1CCS(=O)CC1. The molecule has 1 heterocycles. The Hall–Kier alpha value is -1.20. The van der Waals surface area contributed by atoms with Crippen LogP contribution in [0.2, 0.25) is 0 Å². The molecule has 5 heteroatoms. The first-order valence-corrected chi connectivity index (χ1v) is 9.37. The first kappa shape index (κ1) is 20.8. The third-order valence-electron chi connectivity index (χ3n) is 3.20. The summed E-state index contributed by atoms with van der Waals surface area (Å²) >= 11 is 0. The van der Waals surface area contributed by atoms with Crippen molar-refractivity contribution >= 4 is 22.9 Å². The number of benzene rings is 1. The minimum atomic E-state index is -0.503. The van der Waals surface area contributed by atoms with E-state index in [9.17, 15) is 9.00 Å². The molecule has 0 spiro atoms. The second-order valence-corrected chi connectivity index (χ2v) is 6.58. The van der Waals surface area contributed by atoms with Crippen molar-refractivity contribution in [3.63, 3.8) is 0 Å². The fourth-order valence-electron chi connectivity index (χ4n) is 1.85. The van der Waals surface area contributed by atoms with E-state index in [1.165, 1.54) is 5.56 Å². The second kappa shape index (κ2) is 12.4. The van der Waals surface area contributed by atoms with Crippen molar-refractivity contribution in [3.8, 4) is 0 Å². The molecule has 1 amide bonds. The monoisotopic (exact) mass is 326 g/mol. The maximum absolute atomic E-state index is 10.7. The molecule has 0 atom stereocenters. The molecule has 1 saturated heterocycles. The highest BCUT2D eigenvalue weighted by Gasteiger charge is 2.09. The van der Waals surface area contributed by atoms with E-state index in [-0.39, 0.29) is 0 Å². The van der Waals surface area contributed by atoms with Gasteiger partial charge in [0.25, 0.3) is 0 Å². The minimum absolute atomic E-state index is 0.503. The van der Waals surface area contributed by atoms with E-state index >= 15 is 0 Å². The Morgan fingerprint density at radius 2 is 1.86 bits per heavy atom. The summed E-state index contributed by atoms with van der Waals surface area (Å²) in [5, 5.41) is 0. The zero-order valence-corrected chi connectivity index (χ0v) is 15.4. The van der Waals surface area contributed by atoms with Gasteiger partial charge in [0.15, 0.2) is 0 Å². The van der Waals surface area contributed by atoms with E-state index in [0.717, 1.165) is 36.7 Å². The van der Waals surface area contributed by atoms with E-state index < -0.39 is 10.8 Å². The van der Waals surface area contributed by atoms with Crippen molar-refractivity contribution in [2.45, 2.75) is 27.7 Å². The summed E-state index contributed by atoms with van der Waals surface area (Å²) in [6, 6.07) is 7.90. The van der Waals surface area contributed by atoms with Gasteiger partial charge in [0.2, 0.25) is 6.41 Å².